The summed E-state index contributed by atoms with van der Waals surface area (Å²) < 4.78 is 14.4. The molecule has 2 aromatic carbocycles. The van der Waals surface area contributed by atoms with Gasteiger partial charge in [-0.1, -0.05) is 40.2 Å². The monoisotopic (exact) mass is 362 g/mol. The Hall–Kier alpha value is -2.14. The molecule has 0 bridgehead atoms. The van der Waals surface area contributed by atoms with Gasteiger partial charge in [0.15, 0.2) is 0 Å². The lowest BCUT2D eigenvalue weighted by Crippen LogP contribution is -2.35. The van der Waals surface area contributed by atoms with Crippen molar-refractivity contribution in [3.8, 4) is 0 Å². The number of nitrogens with one attached hydrogen (secondary N) is 1. The summed E-state index contributed by atoms with van der Waals surface area (Å²) in [4.78, 5) is 14.0. The Kier molecular flexibility index (Phi) is 5.72. The number of amides is 1. The zero-order valence-electron chi connectivity index (χ0n) is 11.9. The molecule has 0 radical (unpaired) electrons. The Morgan fingerprint density at radius 2 is 2.00 bits per heavy atom. The minimum absolute atomic E-state index is 0.00128. The van der Waals surface area contributed by atoms with Crippen LogP contribution in [0.5, 0.6) is 0 Å². The fourth-order valence-corrected chi connectivity index (χ4v) is 2.32. The number of rotatable bonds is 6. The van der Waals surface area contributed by atoms with E-state index in [0.29, 0.717) is 16.7 Å². The van der Waals surface area contributed by atoms with Gasteiger partial charge < -0.3 is 10.2 Å². The Bertz CT molecular complexity index is 661. The highest BCUT2D eigenvalue weighted by molar-refractivity contribution is 9.10. The second-order valence-electron chi connectivity index (χ2n) is 4.61. The van der Waals surface area contributed by atoms with Gasteiger partial charge in [-0.3, -0.25) is 4.79 Å². The number of nitrogens with zero attached hydrogens (tertiary/aromatic N) is 1. The second-order valence-corrected chi connectivity index (χ2v) is 5.52. The minimum atomic E-state index is -0.405. The molecule has 5 heteroatoms. The molecule has 0 atom stereocenters. The number of para-hydroxylation sites is 1. The highest BCUT2D eigenvalue weighted by Gasteiger charge is 2.14. The van der Waals surface area contributed by atoms with Gasteiger partial charge in [0.25, 0.3) is 0 Å². The summed E-state index contributed by atoms with van der Waals surface area (Å²) in [6.45, 7) is 4.07. The summed E-state index contributed by atoms with van der Waals surface area (Å²) >= 11 is 3.20. The van der Waals surface area contributed by atoms with E-state index in [-0.39, 0.29) is 12.5 Å². The summed E-state index contributed by atoms with van der Waals surface area (Å²) in [6.07, 6.45) is 1.66. The summed E-state index contributed by atoms with van der Waals surface area (Å²) in [5.41, 5.74) is 1.08. The van der Waals surface area contributed by atoms with Crippen molar-refractivity contribution in [2.24, 2.45) is 0 Å². The largest absolute Gasteiger partial charge is 0.374 e. The molecular weight excluding hydrogens is 347 g/mol. The van der Waals surface area contributed by atoms with E-state index in [1.165, 1.54) is 6.07 Å². The molecule has 0 saturated carbocycles. The average molecular weight is 363 g/mol. The molecule has 1 N–H and O–H groups in total. The molecule has 0 aliphatic rings. The van der Waals surface area contributed by atoms with Crippen LogP contribution in [0, 0.1) is 5.82 Å². The Morgan fingerprint density at radius 1 is 1.27 bits per heavy atom. The predicted molar refractivity (Wildman–Crippen MR) is 91.6 cm³/mol. The Labute approximate surface area is 137 Å². The molecular formula is C17H16BrFN2O. The number of carbonyl (C=O) groups is 1. The predicted octanol–water partition coefficient (Wildman–Crippen LogP) is 4.22. The van der Waals surface area contributed by atoms with E-state index in [1.807, 2.05) is 30.3 Å². The van der Waals surface area contributed by atoms with Crippen LogP contribution >= 0.6 is 15.9 Å². The lowest BCUT2D eigenvalue weighted by molar-refractivity contribution is -0.116. The van der Waals surface area contributed by atoms with Crippen LogP contribution in [-0.4, -0.2) is 19.0 Å². The maximum absolute atomic E-state index is 13.7. The SMILES string of the molecule is C=CCN(C(=O)CNc1ccc(Br)cc1F)c1ccccc1. The molecule has 0 aliphatic carbocycles. The van der Waals surface area contributed by atoms with Crippen LogP contribution in [0.4, 0.5) is 15.8 Å². The Morgan fingerprint density at radius 3 is 2.64 bits per heavy atom. The molecule has 0 fully saturated rings. The van der Waals surface area contributed by atoms with Gasteiger partial charge in [0.2, 0.25) is 5.91 Å². The molecule has 22 heavy (non-hydrogen) atoms. The van der Waals surface area contributed by atoms with Crippen LogP contribution in [0.15, 0.2) is 65.7 Å². The van der Waals surface area contributed by atoms with E-state index >= 15 is 0 Å². The summed E-state index contributed by atoms with van der Waals surface area (Å²) in [5.74, 6) is -0.564. The van der Waals surface area contributed by atoms with E-state index in [4.69, 9.17) is 0 Å². The quantitative estimate of drug-likeness (QED) is 0.780. The van der Waals surface area contributed by atoms with Crippen LogP contribution in [-0.2, 0) is 4.79 Å². The van der Waals surface area contributed by atoms with Gasteiger partial charge in [0.05, 0.1) is 12.2 Å². The molecule has 114 valence electrons. The first-order valence-electron chi connectivity index (χ1n) is 6.77. The van der Waals surface area contributed by atoms with Crippen molar-refractivity contribution in [3.05, 3.63) is 71.5 Å². The molecule has 2 rings (SSSR count). The number of hydrogen-bond donors (Lipinski definition) is 1. The van der Waals surface area contributed by atoms with Crippen molar-refractivity contribution in [3.63, 3.8) is 0 Å². The van der Waals surface area contributed by atoms with Crippen molar-refractivity contribution in [1.29, 1.82) is 0 Å². The van der Waals surface area contributed by atoms with Crippen LogP contribution in [0.1, 0.15) is 0 Å². The topological polar surface area (TPSA) is 32.3 Å². The van der Waals surface area contributed by atoms with Crippen molar-refractivity contribution < 1.29 is 9.18 Å². The fraction of sp³-hybridized carbons (Fsp3) is 0.118. The normalized spacial score (nSPS) is 10.1. The molecule has 0 saturated heterocycles. The van der Waals surface area contributed by atoms with E-state index < -0.39 is 5.82 Å². The maximum atomic E-state index is 13.7. The summed E-state index contributed by atoms with van der Waals surface area (Å²) in [7, 11) is 0. The number of anilines is 2. The van der Waals surface area contributed by atoms with Gasteiger partial charge in [0, 0.05) is 16.7 Å². The lowest BCUT2D eigenvalue weighted by atomic mass is 10.2. The van der Waals surface area contributed by atoms with E-state index in [2.05, 4.69) is 27.8 Å². The maximum Gasteiger partial charge on any atom is 0.246 e. The van der Waals surface area contributed by atoms with Gasteiger partial charge in [-0.2, -0.15) is 0 Å². The standard InChI is InChI=1S/C17H16BrFN2O/c1-2-10-21(14-6-4-3-5-7-14)17(22)12-20-16-9-8-13(18)11-15(16)19/h2-9,11,20H,1,10,12H2. The highest BCUT2D eigenvalue weighted by atomic mass is 79.9. The number of benzene rings is 2. The van der Waals surface area contributed by atoms with Crippen molar-refractivity contribution in [2.45, 2.75) is 0 Å². The molecule has 0 aliphatic heterocycles. The smallest absolute Gasteiger partial charge is 0.246 e. The third kappa shape index (κ3) is 4.18. The number of halogens is 2. The second kappa shape index (κ2) is 7.75. The molecule has 0 unspecified atom stereocenters. The lowest BCUT2D eigenvalue weighted by Gasteiger charge is -2.21. The van der Waals surface area contributed by atoms with Crippen molar-refractivity contribution >= 4 is 33.2 Å². The number of hydrogen-bond acceptors (Lipinski definition) is 2. The van der Waals surface area contributed by atoms with Gasteiger partial charge in [-0.15, -0.1) is 6.58 Å². The highest BCUT2D eigenvalue weighted by Crippen LogP contribution is 2.19. The zero-order valence-corrected chi connectivity index (χ0v) is 13.5. The van der Waals surface area contributed by atoms with Crippen LogP contribution in [0.3, 0.4) is 0 Å². The first kappa shape index (κ1) is 16.2. The Balaban J connectivity index is 2.07. The van der Waals surface area contributed by atoms with E-state index in [1.54, 1.807) is 23.1 Å². The van der Waals surface area contributed by atoms with Crippen LogP contribution < -0.4 is 10.2 Å². The summed E-state index contributed by atoms with van der Waals surface area (Å²) in [6, 6.07) is 14.0. The average Bonchev–Trinajstić information content (AvgIpc) is 2.52. The third-order valence-corrected chi connectivity index (χ3v) is 3.54. The molecule has 1 amide bonds. The molecule has 0 spiro atoms. The first-order chi connectivity index (χ1) is 10.6. The third-order valence-electron chi connectivity index (χ3n) is 3.04. The van der Waals surface area contributed by atoms with Gasteiger partial charge >= 0.3 is 0 Å². The molecule has 2 aromatic rings. The fourth-order valence-electron chi connectivity index (χ4n) is 1.99. The van der Waals surface area contributed by atoms with Crippen LogP contribution in [0.2, 0.25) is 0 Å². The molecule has 0 heterocycles. The van der Waals surface area contributed by atoms with Crippen molar-refractivity contribution in [1.82, 2.24) is 0 Å². The summed E-state index contributed by atoms with van der Waals surface area (Å²) in [5, 5.41) is 2.83. The van der Waals surface area contributed by atoms with E-state index in [0.717, 1.165) is 5.69 Å². The van der Waals surface area contributed by atoms with Crippen LogP contribution in [0.25, 0.3) is 0 Å². The minimum Gasteiger partial charge on any atom is -0.374 e. The molecule has 0 aromatic heterocycles. The zero-order chi connectivity index (χ0) is 15.9. The van der Waals surface area contributed by atoms with Gasteiger partial charge in [0.1, 0.15) is 5.82 Å². The first-order valence-corrected chi connectivity index (χ1v) is 7.56. The number of carbonyl (C=O) groups excluding carboxylic acids is 1. The van der Waals surface area contributed by atoms with E-state index in [9.17, 15) is 9.18 Å². The van der Waals surface area contributed by atoms with Gasteiger partial charge in [-0.25, -0.2) is 4.39 Å². The van der Waals surface area contributed by atoms with Crippen molar-refractivity contribution in [2.75, 3.05) is 23.3 Å². The van der Waals surface area contributed by atoms with Gasteiger partial charge in [-0.05, 0) is 30.3 Å². The molecule has 3 nitrogen and oxygen atoms in total.